The van der Waals surface area contributed by atoms with Crippen molar-refractivity contribution in [1.82, 2.24) is 9.97 Å². The Hall–Kier alpha value is -7.30. The summed E-state index contributed by atoms with van der Waals surface area (Å²) in [5.74, 6) is 1.49. The van der Waals surface area contributed by atoms with Crippen LogP contribution in [0.2, 0.25) is 0 Å². The van der Waals surface area contributed by atoms with E-state index in [9.17, 15) is 0 Å². The van der Waals surface area contributed by atoms with Crippen LogP contribution in [0.5, 0.6) is 0 Å². The third-order valence-corrected chi connectivity index (χ3v) is 10.3. The zero-order chi connectivity index (χ0) is 35.8. The maximum atomic E-state index is 5.63. The summed E-state index contributed by atoms with van der Waals surface area (Å²) in [6, 6.07) is 61.1. The summed E-state index contributed by atoms with van der Waals surface area (Å²) in [5.41, 5.74) is 13.7. The van der Waals surface area contributed by atoms with Gasteiger partial charge in [0.2, 0.25) is 0 Å². The van der Waals surface area contributed by atoms with Gasteiger partial charge in [-0.25, -0.2) is 9.97 Å². The zero-order valence-corrected chi connectivity index (χ0v) is 29.2. The number of aromatic nitrogens is 2. The molecule has 0 aliphatic rings. The fourth-order valence-electron chi connectivity index (χ4n) is 7.69. The van der Waals surface area contributed by atoms with Gasteiger partial charge in [-0.2, -0.15) is 0 Å². The molecule has 254 valence electrons. The van der Waals surface area contributed by atoms with Gasteiger partial charge in [-0.15, -0.1) is 0 Å². The van der Waals surface area contributed by atoms with E-state index in [0.29, 0.717) is 0 Å². The second kappa shape index (κ2) is 13.4. The Labute approximate surface area is 312 Å². The number of hydrogen-bond acceptors (Lipinski definition) is 4. The van der Waals surface area contributed by atoms with Crippen LogP contribution in [0.25, 0.3) is 99.8 Å². The number of hydrogen-bond donors (Lipinski definition) is 0. The molecule has 10 rings (SSSR count). The quantitative estimate of drug-likeness (QED) is 0.156. The summed E-state index contributed by atoms with van der Waals surface area (Å²) in [5, 5.41) is 4.74. The molecule has 0 atom stereocenters. The number of benzene rings is 8. The Kier molecular flexibility index (Phi) is 7.77. The van der Waals surface area contributed by atoms with Crippen molar-refractivity contribution in [3.05, 3.63) is 195 Å². The second-order valence-electron chi connectivity index (χ2n) is 13.5. The maximum Gasteiger partial charge on any atom is 0.181 e. The number of oxazole rings is 2. The van der Waals surface area contributed by atoms with E-state index in [1.54, 1.807) is 12.4 Å². The fourth-order valence-corrected chi connectivity index (χ4v) is 7.69. The molecule has 2 aromatic heterocycles. The van der Waals surface area contributed by atoms with E-state index >= 15 is 0 Å². The lowest BCUT2D eigenvalue weighted by Crippen LogP contribution is -1.92. The SMILES string of the molecule is c1ccc(-c2cc(-c3ccccc3)cc(-c3ccc4c(-c5ccc(-c6cnco6)cc5)c5ccccc5c(-c5ccc(-c6cnco6)cc5)c4c3)c2)cc1. The van der Waals surface area contributed by atoms with E-state index < -0.39 is 0 Å². The van der Waals surface area contributed by atoms with E-state index in [4.69, 9.17) is 8.83 Å². The van der Waals surface area contributed by atoms with E-state index in [-0.39, 0.29) is 0 Å². The minimum atomic E-state index is 0.746. The summed E-state index contributed by atoms with van der Waals surface area (Å²) >= 11 is 0. The van der Waals surface area contributed by atoms with Crippen molar-refractivity contribution in [2.24, 2.45) is 0 Å². The van der Waals surface area contributed by atoms with Gasteiger partial charge in [0.25, 0.3) is 0 Å². The molecule has 0 spiro atoms. The lowest BCUT2D eigenvalue weighted by molar-refractivity contribution is 0.571. The lowest BCUT2D eigenvalue weighted by atomic mass is 9.84. The minimum absolute atomic E-state index is 0.746. The Morgan fingerprint density at radius 3 is 1.13 bits per heavy atom. The second-order valence-corrected chi connectivity index (χ2v) is 13.5. The van der Waals surface area contributed by atoms with Gasteiger partial charge in [-0.05, 0) is 101 Å². The van der Waals surface area contributed by atoms with Crippen molar-refractivity contribution in [1.29, 1.82) is 0 Å². The summed E-state index contributed by atoms with van der Waals surface area (Å²) in [7, 11) is 0. The molecule has 0 bridgehead atoms. The molecule has 0 fully saturated rings. The average molecular weight is 693 g/mol. The van der Waals surface area contributed by atoms with Crippen molar-refractivity contribution in [2.45, 2.75) is 0 Å². The summed E-state index contributed by atoms with van der Waals surface area (Å²) in [6.07, 6.45) is 6.44. The van der Waals surface area contributed by atoms with Gasteiger partial charge >= 0.3 is 0 Å². The molecular weight excluding hydrogens is 661 g/mol. The van der Waals surface area contributed by atoms with Gasteiger partial charge in [0.15, 0.2) is 24.3 Å². The zero-order valence-electron chi connectivity index (χ0n) is 29.2. The van der Waals surface area contributed by atoms with Gasteiger partial charge in [-0.1, -0.05) is 146 Å². The first-order valence-corrected chi connectivity index (χ1v) is 18.0. The molecule has 10 aromatic rings. The molecule has 4 nitrogen and oxygen atoms in total. The van der Waals surface area contributed by atoms with Gasteiger partial charge in [-0.3, -0.25) is 0 Å². The highest BCUT2D eigenvalue weighted by molar-refractivity contribution is 6.22. The predicted molar refractivity (Wildman–Crippen MR) is 220 cm³/mol. The summed E-state index contributed by atoms with van der Waals surface area (Å²) < 4.78 is 11.2. The smallest absolute Gasteiger partial charge is 0.181 e. The summed E-state index contributed by atoms with van der Waals surface area (Å²) in [4.78, 5) is 8.26. The first-order valence-electron chi connectivity index (χ1n) is 18.0. The molecule has 0 aliphatic heterocycles. The molecule has 0 saturated heterocycles. The third kappa shape index (κ3) is 5.67. The van der Waals surface area contributed by atoms with E-state index in [1.807, 2.05) is 0 Å². The molecular formula is C50H32N2O2. The Morgan fingerprint density at radius 2 is 0.667 bits per heavy atom. The van der Waals surface area contributed by atoms with Crippen molar-refractivity contribution in [3.63, 3.8) is 0 Å². The highest BCUT2D eigenvalue weighted by Gasteiger charge is 2.19. The maximum absolute atomic E-state index is 5.63. The van der Waals surface area contributed by atoms with Crippen LogP contribution < -0.4 is 0 Å². The van der Waals surface area contributed by atoms with Crippen LogP contribution in [-0.2, 0) is 0 Å². The Balaban J connectivity index is 1.23. The van der Waals surface area contributed by atoms with Gasteiger partial charge in [0.05, 0.1) is 12.4 Å². The standard InChI is InChI=1S/C50H32N2O2/c1-3-9-33(10-4-1)40-25-41(34-11-5-2-6-12-34)27-42(26-40)39-23-24-45-46(28-39)50(38-21-17-36(18-22-38)48-30-52-32-54-48)44-14-8-7-13-43(44)49(45)37-19-15-35(16-20-37)47-29-51-31-53-47/h1-32H. The van der Waals surface area contributed by atoms with Crippen molar-refractivity contribution in [3.8, 4) is 78.3 Å². The van der Waals surface area contributed by atoms with Crippen LogP contribution in [0.1, 0.15) is 0 Å². The monoisotopic (exact) mass is 692 g/mol. The molecule has 0 saturated carbocycles. The topological polar surface area (TPSA) is 52.1 Å². The molecule has 4 heteroatoms. The highest BCUT2D eigenvalue weighted by atomic mass is 16.3. The minimum Gasteiger partial charge on any atom is -0.444 e. The van der Waals surface area contributed by atoms with Crippen LogP contribution in [-0.4, -0.2) is 9.97 Å². The van der Waals surface area contributed by atoms with E-state index in [2.05, 4.69) is 180 Å². The van der Waals surface area contributed by atoms with Crippen LogP contribution >= 0.6 is 0 Å². The largest absolute Gasteiger partial charge is 0.444 e. The molecule has 0 unspecified atom stereocenters. The first-order chi connectivity index (χ1) is 26.8. The van der Waals surface area contributed by atoms with Gasteiger partial charge in [0, 0.05) is 11.1 Å². The molecule has 8 aromatic carbocycles. The Bertz CT molecular complexity index is 2820. The Morgan fingerprint density at radius 1 is 0.278 bits per heavy atom. The van der Waals surface area contributed by atoms with Crippen LogP contribution in [0.15, 0.2) is 204 Å². The van der Waals surface area contributed by atoms with E-state index in [0.717, 1.165) is 44.9 Å². The van der Waals surface area contributed by atoms with Crippen molar-refractivity contribution in [2.75, 3.05) is 0 Å². The highest BCUT2D eigenvalue weighted by Crippen LogP contribution is 2.46. The average Bonchev–Trinajstić information content (AvgIpc) is 4.00. The number of nitrogens with zero attached hydrogens (tertiary/aromatic N) is 2. The number of rotatable bonds is 7. The molecule has 54 heavy (non-hydrogen) atoms. The van der Waals surface area contributed by atoms with Gasteiger partial charge in [0.1, 0.15) is 0 Å². The lowest BCUT2D eigenvalue weighted by Gasteiger charge is -2.19. The molecule has 0 amide bonds. The predicted octanol–water partition coefficient (Wildman–Crippen LogP) is 13.6. The molecule has 0 aliphatic carbocycles. The molecule has 0 N–H and O–H groups in total. The van der Waals surface area contributed by atoms with E-state index in [1.165, 1.54) is 67.7 Å². The normalized spacial score (nSPS) is 11.3. The molecule has 0 radical (unpaired) electrons. The van der Waals surface area contributed by atoms with Gasteiger partial charge < -0.3 is 8.83 Å². The first kappa shape index (κ1) is 31.4. The van der Waals surface area contributed by atoms with Crippen molar-refractivity contribution < 1.29 is 8.83 Å². The third-order valence-electron chi connectivity index (χ3n) is 10.3. The summed E-state index contributed by atoms with van der Waals surface area (Å²) in [6.45, 7) is 0. The molecule has 2 heterocycles. The van der Waals surface area contributed by atoms with Crippen molar-refractivity contribution >= 4 is 21.5 Å². The number of fused-ring (bicyclic) bond motifs is 2. The van der Waals surface area contributed by atoms with Crippen LogP contribution in [0, 0.1) is 0 Å². The van der Waals surface area contributed by atoms with Crippen LogP contribution in [0.4, 0.5) is 0 Å². The van der Waals surface area contributed by atoms with Crippen LogP contribution in [0.3, 0.4) is 0 Å². The fraction of sp³-hybridized carbons (Fsp3) is 0.